The largest absolute Gasteiger partial charge is 0.478 e. The molecule has 4 nitrogen and oxygen atoms in total. The Morgan fingerprint density at radius 3 is 2.14 bits per heavy atom. The van der Waals surface area contributed by atoms with E-state index in [1.807, 2.05) is 0 Å². The van der Waals surface area contributed by atoms with Crippen LogP contribution in [0.4, 0.5) is 20.2 Å². The molecule has 6 heteroatoms. The summed E-state index contributed by atoms with van der Waals surface area (Å²) >= 11 is 0. The van der Waals surface area contributed by atoms with Gasteiger partial charge < -0.3 is 10.0 Å². The number of aromatic carboxylic acids is 1. The van der Waals surface area contributed by atoms with E-state index in [9.17, 15) is 13.6 Å². The molecule has 0 spiro atoms. The maximum Gasteiger partial charge on any atom is 0.335 e. The van der Waals surface area contributed by atoms with Crippen LogP contribution < -0.4 is 4.90 Å². The summed E-state index contributed by atoms with van der Waals surface area (Å²) in [6, 6.07) is 9.13. The SMILES string of the molecule is CN(c1ccc(C(=O)O)cc1)c1c(F)cc(C#N)cc1F. The normalized spacial score (nSPS) is 10.0. The monoisotopic (exact) mass is 288 g/mol. The first-order valence-electron chi connectivity index (χ1n) is 5.90. The van der Waals surface area contributed by atoms with Gasteiger partial charge in [0.15, 0.2) is 11.6 Å². The van der Waals surface area contributed by atoms with Gasteiger partial charge in [-0.25, -0.2) is 13.6 Å². The Hall–Kier alpha value is -2.94. The quantitative estimate of drug-likeness (QED) is 0.941. The number of carboxylic acid groups (broad SMARTS) is 1. The lowest BCUT2D eigenvalue weighted by Crippen LogP contribution is -2.13. The molecule has 2 aromatic carbocycles. The van der Waals surface area contributed by atoms with Crippen molar-refractivity contribution in [3.63, 3.8) is 0 Å². The van der Waals surface area contributed by atoms with Crippen LogP contribution in [0.25, 0.3) is 0 Å². The fourth-order valence-electron chi connectivity index (χ4n) is 1.91. The Morgan fingerprint density at radius 1 is 1.19 bits per heavy atom. The number of halogens is 2. The van der Waals surface area contributed by atoms with Gasteiger partial charge in [0.1, 0.15) is 5.69 Å². The molecule has 0 saturated heterocycles. The van der Waals surface area contributed by atoms with Crippen LogP contribution >= 0.6 is 0 Å². The van der Waals surface area contributed by atoms with Crippen molar-refractivity contribution in [2.24, 2.45) is 0 Å². The second kappa shape index (κ2) is 5.59. The third-order valence-corrected chi connectivity index (χ3v) is 2.98. The van der Waals surface area contributed by atoms with Crippen molar-refractivity contribution in [1.29, 1.82) is 5.26 Å². The predicted octanol–water partition coefficient (Wildman–Crippen LogP) is 3.30. The van der Waals surface area contributed by atoms with Crippen LogP contribution in [0, 0.1) is 23.0 Å². The molecule has 0 saturated carbocycles. The van der Waals surface area contributed by atoms with Crippen LogP contribution in [0.2, 0.25) is 0 Å². The summed E-state index contributed by atoms with van der Waals surface area (Å²) in [5.41, 5.74) is 0.0795. The number of carboxylic acids is 1. The molecule has 0 unspecified atom stereocenters. The minimum Gasteiger partial charge on any atom is -0.478 e. The molecule has 0 aliphatic heterocycles. The summed E-state index contributed by atoms with van der Waals surface area (Å²) < 4.78 is 27.8. The van der Waals surface area contributed by atoms with Crippen LogP contribution in [0.1, 0.15) is 15.9 Å². The molecule has 0 radical (unpaired) electrons. The maximum absolute atomic E-state index is 13.9. The summed E-state index contributed by atoms with van der Waals surface area (Å²) in [6.45, 7) is 0. The van der Waals surface area contributed by atoms with Gasteiger partial charge in [0.2, 0.25) is 0 Å². The molecule has 1 N–H and O–H groups in total. The highest BCUT2D eigenvalue weighted by Crippen LogP contribution is 2.30. The number of anilines is 2. The second-order valence-electron chi connectivity index (χ2n) is 4.31. The first-order valence-corrected chi connectivity index (χ1v) is 5.90. The van der Waals surface area contributed by atoms with Gasteiger partial charge in [-0.05, 0) is 36.4 Å². The summed E-state index contributed by atoms with van der Waals surface area (Å²) in [4.78, 5) is 12.0. The zero-order chi connectivity index (χ0) is 15.6. The third kappa shape index (κ3) is 2.82. The van der Waals surface area contributed by atoms with Crippen molar-refractivity contribution < 1.29 is 18.7 Å². The van der Waals surface area contributed by atoms with E-state index in [2.05, 4.69) is 0 Å². The van der Waals surface area contributed by atoms with Gasteiger partial charge in [-0.15, -0.1) is 0 Å². The number of rotatable bonds is 3. The van der Waals surface area contributed by atoms with Gasteiger partial charge in [0.05, 0.1) is 17.2 Å². The van der Waals surface area contributed by atoms with E-state index < -0.39 is 17.6 Å². The Labute approximate surface area is 119 Å². The zero-order valence-electron chi connectivity index (χ0n) is 11.0. The lowest BCUT2D eigenvalue weighted by atomic mass is 10.1. The molecule has 0 aliphatic rings. The average molecular weight is 288 g/mol. The molecular formula is C15H10F2N2O2. The van der Waals surface area contributed by atoms with Crippen molar-refractivity contribution in [2.75, 3.05) is 11.9 Å². The van der Waals surface area contributed by atoms with Gasteiger partial charge in [-0.1, -0.05) is 0 Å². The molecule has 0 atom stereocenters. The van der Waals surface area contributed by atoms with Gasteiger partial charge in [-0.3, -0.25) is 0 Å². The topological polar surface area (TPSA) is 64.3 Å². The first-order chi connectivity index (χ1) is 9.93. The lowest BCUT2D eigenvalue weighted by Gasteiger charge is -2.21. The molecule has 0 bridgehead atoms. The maximum atomic E-state index is 13.9. The molecule has 0 amide bonds. The number of nitriles is 1. The number of carbonyl (C=O) groups is 1. The van der Waals surface area contributed by atoms with E-state index >= 15 is 0 Å². The van der Waals surface area contributed by atoms with Crippen LogP contribution in [0.15, 0.2) is 36.4 Å². The molecular weight excluding hydrogens is 278 g/mol. The Bertz CT molecular complexity index is 713. The number of hydrogen-bond donors (Lipinski definition) is 1. The predicted molar refractivity (Wildman–Crippen MR) is 72.5 cm³/mol. The molecule has 2 rings (SSSR count). The van der Waals surface area contributed by atoms with Crippen LogP contribution in [-0.2, 0) is 0 Å². The van der Waals surface area contributed by atoms with Gasteiger partial charge in [-0.2, -0.15) is 5.26 Å². The van der Waals surface area contributed by atoms with Crippen LogP contribution in [-0.4, -0.2) is 18.1 Å². The van der Waals surface area contributed by atoms with E-state index in [4.69, 9.17) is 10.4 Å². The van der Waals surface area contributed by atoms with Gasteiger partial charge in [0.25, 0.3) is 0 Å². The Balaban J connectivity index is 2.43. The third-order valence-electron chi connectivity index (χ3n) is 2.98. The second-order valence-corrected chi connectivity index (χ2v) is 4.31. The molecule has 0 fully saturated rings. The molecule has 106 valence electrons. The molecule has 0 aromatic heterocycles. The van der Waals surface area contributed by atoms with E-state index in [1.54, 1.807) is 6.07 Å². The molecule has 0 aliphatic carbocycles. The summed E-state index contributed by atoms with van der Waals surface area (Å²) in [5.74, 6) is -2.81. The number of nitrogens with zero attached hydrogens (tertiary/aromatic N) is 2. The van der Waals surface area contributed by atoms with Crippen LogP contribution in [0.3, 0.4) is 0 Å². The minimum atomic E-state index is -1.08. The average Bonchev–Trinajstić information content (AvgIpc) is 2.46. The van der Waals surface area contributed by atoms with Crippen molar-refractivity contribution in [3.8, 4) is 6.07 Å². The summed E-state index contributed by atoms with van der Waals surface area (Å²) in [7, 11) is 1.45. The Morgan fingerprint density at radius 2 is 1.71 bits per heavy atom. The minimum absolute atomic E-state index is 0.0768. The highest BCUT2D eigenvalue weighted by molar-refractivity contribution is 5.88. The van der Waals surface area contributed by atoms with E-state index in [-0.39, 0.29) is 16.8 Å². The fourth-order valence-corrected chi connectivity index (χ4v) is 1.91. The highest BCUT2D eigenvalue weighted by Gasteiger charge is 2.17. The zero-order valence-corrected chi connectivity index (χ0v) is 11.0. The summed E-state index contributed by atoms with van der Waals surface area (Å²) in [6.07, 6.45) is 0. The molecule has 0 heterocycles. The van der Waals surface area contributed by atoms with Gasteiger partial charge >= 0.3 is 5.97 Å². The van der Waals surface area contributed by atoms with E-state index in [0.29, 0.717) is 5.69 Å². The smallest absolute Gasteiger partial charge is 0.335 e. The number of hydrogen-bond acceptors (Lipinski definition) is 3. The number of benzene rings is 2. The van der Waals surface area contributed by atoms with Gasteiger partial charge in [0, 0.05) is 12.7 Å². The standard InChI is InChI=1S/C15H10F2N2O2/c1-19(11-4-2-10(3-5-11)15(20)21)14-12(16)6-9(8-18)7-13(14)17/h2-7H,1H3,(H,20,21). The fraction of sp³-hybridized carbons (Fsp3) is 0.0667. The van der Waals surface area contributed by atoms with Crippen molar-refractivity contribution in [1.82, 2.24) is 0 Å². The molecule has 21 heavy (non-hydrogen) atoms. The van der Waals surface area contributed by atoms with Crippen molar-refractivity contribution in [3.05, 3.63) is 59.2 Å². The van der Waals surface area contributed by atoms with Crippen molar-refractivity contribution >= 4 is 17.3 Å². The van der Waals surface area contributed by atoms with E-state index in [1.165, 1.54) is 36.2 Å². The van der Waals surface area contributed by atoms with Crippen molar-refractivity contribution in [2.45, 2.75) is 0 Å². The van der Waals surface area contributed by atoms with Crippen LogP contribution in [0.5, 0.6) is 0 Å². The first kappa shape index (κ1) is 14.5. The van der Waals surface area contributed by atoms with E-state index in [0.717, 1.165) is 12.1 Å². The molecule has 2 aromatic rings. The Kier molecular flexibility index (Phi) is 3.85. The highest BCUT2D eigenvalue weighted by atomic mass is 19.1. The summed E-state index contributed by atoms with van der Waals surface area (Å²) in [5, 5.41) is 17.5. The lowest BCUT2D eigenvalue weighted by molar-refractivity contribution is 0.0697.